The topological polar surface area (TPSA) is 29.1 Å². The van der Waals surface area contributed by atoms with Crippen molar-refractivity contribution < 1.29 is 4.79 Å². The molecular formula is C15H21NOS. The molecule has 0 bridgehead atoms. The van der Waals surface area contributed by atoms with Crippen molar-refractivity contribution in [2.45, 2.75) is 50.0 Å². The van der Waals surface area contributed by atoms with Gasteiger partial charge in [0.2, 0.25) is 0 Å². The van der Waals surface area contributed by atoms with Crippen LogP contribution in [0.25, 0.3) is 0 Å². The second kappa shape index (κ2) is 6.28. The monoisotopic (exact) mass is 263 g/mol. The average molecular weight is 263 g/mol. The molecule has 1 aromatic carbocycles. The Kier molecular flexibility index (Phi) is 4.70. The molecule has 2 rings (SSSR count). The number of carbonyl (C=O) groups is 1. The van der Waals surface area contributed by atoms with E-state index in [1.807, 2.05) is 24.3 Å². The van der Waals surface area contributed by atoms with E-state index in [1.165, 1.54) is 19.3 Å². The number of carbonyl (C=O) groups excluding carboxylic acids is 1. The van der Waals surface area contributed by atoms with Crippen LogP contribution in [-0.4, -0.2) is 11.9 Å². The maximum atomic E-state index is 12.1. The van der Waals surface area contributed by atoms with E-state index in [0.29, 0.717) is 6.04 Å². The predicted molar refractivity (Wildman–Crippen MR) is 77.2 cm³/mol. The third-order valence-electron chi connectivity index (χ3n) is 3.72. The van der Waals surface area contributed by atoms with Crippen LogP contribution in [-0.2, 0) is 0 Å². The number of hydrogen-bond acceptors (Lipinski definition) is 2. The first-order valence-electron chi connectivity index (χ1n) is 6.75. The van der Waals surface area contributed by atoms with Crippen molar-refractivity contribution in [3.8, 4) is 0 Å². The van der Waals surface area contributed by atoms with E-state index < -0.39 is 0 Å². The molecule has 18 heavy (non-hydrogen) atoms. The van der Waals surface area contributed by atoms with Crippen molar-refractivity contribution in [3.63, 3.8) is 0 Å². The summed E-state index contributed by atoms with van der Waals surface area (Å²) in [5.74, 6) is 0.846. The molecule has 0 spiro atoms. The van der Waals surface area contributed by atoms with Crippen LogP contribution in [0.1, 0.15) is 49.4 Å². The van der Waals surface area contributed by atoms with Crippen molar-refractivity contribution in [2.24, 2.45) is 5.92 Å². The number of amides is 1. The molecule has 1 aliphatic carbocycles. The predicted octanol–water partition coefficient (Wildman–Crippen LogP) is 3.67. The van der Waals surface area contributed by atoms with Crippen LogP contribution in [0.15, 0.2) is 29.2 Å². The van der Waals surface area contributed by atoms with Gasteiger partial charge in [0.25, 0.3) is 5.91 Å². The Hall–Kier alpha value is -0.960. The number of hydrogen-bond donors (Lipinski definition) is 2. The third kappa shape index (κ3) is 3.77. The highest BCUT2D eigenvalue weighted by Gasteiger charge is 2.18. The molecule has 98 valence electrons. The van der Waals surface area contributed by atoms with E-state index >= 15 is 0 Å². The van der Waals surface area contributed by atoms with Crippen molar-refractivity contribution >= 4 is 18.5 Å². The van der Waals surface area contributed by atoms with Crippen LogP contribution in [0.4, 0.5) is 0 Å². The highest BCUT2D eigenvalue weighted by atomic mass is 32.1. The second-order valence-corrected chi connectivity index (χ2v) is 5.85. The van der Waals surface area contributed by atoms with Gasteiger partial charge in [0, 0.05) is 16.5 Å². The molecule has 2 unspecified atom stereocenters. The molecule has 0 aliphatic heterocycles. The normalized spacial score (nSPS) is 24.3. The van der Waals surface area contributed by atoms with E-state index in [2.05, 4.69) is 24.9 Å². The molecule has 1 fully saturated rings. The van der Waals surface area contributed by atoms with Crippen LogP contribution >= 0.6 is 12.6 Å². The minimum absolute atomic E-state index is 0.0443. The zero-order chi connectivity index (χ0) is 13.0. The van der Waals surface area contributed by atoms with Crippen LogP contribution in [0.2, 0.25) is 0 Å². The van der Waals surface area contributed by atoms with Gasteiger partial charge in [0.05, 0.1) is 0 Å². The molecule has 1 N–H and O–H groups in total. The summed E-state index contributed by atoms with van der Waals surface area (Å²) in [7, 11) is 0. The third-order valence-corrected chi connectivity index (χ3v) is 4.02. The molecule has 2 atom stereocenters. The molecule has 0 radical (unpaired) electrons. The van der Waals surface area contributed by atoms with Gasteiger partial charge in [-0.2, -0.15) is 0 Å². The molecule has 1 aromatic rings. The lowest BCUT2D eigenvalue weighted by molar-refractivity contribution is 0.0933. The van der Waals surface area contributed by atoms with Crippen molar-refractivity contribution in [1.29, 1.82) is 0 Å². The van der Waals surface area contributed by atoms with Gasteiger partial charge in [-0.3, -0.25) is 4.79 Å². The Morgan fingerprint density at radius 3 is 2.61 bits per heavy atom. The Bertz CT molecular complexity index is 401. The largest absolute Gasteiger partial charge is 0.349 e. The molecule has 1 saturated carbocycles. The van der Waals surface area contributed by atoms with E-state index in [0.717, 1.165) is 29.2 Å². The zero-order valence-corrected chi connectivity index (χ0v) is 11.7. The van der Waals surface area contributed by atoms with Crippen LogP contribution < -0.4 is 5.32 Å². The highest BCUT2D eigenvalue weighted by molar-refractivity contribution is 7.80. The molecule has 1 amide bonds. The Morgan fingerprint density at radius 1 is 1.17 bits per heavy atom. The SMILES string of the molecule is CC1CCCC(NC(=O)c2ccc(S)cc2)CC1. The summed E-state index contributed by atoms with van der Waals surface area (Å²) in [4.78, 5) is 13.0. The smallest absolute Gasteiger partial charge is 0.251 e. The highest BCUT2D eigenvalue weighted by Crippen LogP contribution is 2.22. The fourth-order valence-electron chi connectivity index (χ4n) is 2.51. The van der Waals surface area contributed by atoms with Gasteiger partial charge in [-0.1, -0.05) is 19.8 Å². The van der Waals surface area contributed by atoms with Gasteiger partial charge in [-0.15, -0.1) is 12.6 Å². The van der Waals surface area contributed by atoms with Gasteiger partial charge in [0.15, 0.2) is 0 Å². The molecule has 0 aromatic heterocycles. The van der Waals surface area contributed by atoms with E-state index in [-0.39, 0.29) is 5.91 Å². The van der Waals surface area contributed by atoms with Gasteiger partial charge in [-0.25, -0.2) is 0 Å². The molecular weight excluding hydrogens is 242 g/mol. The molecule has 2 nitrogen and oxygen atoms in total. The van der Waals surface area contributed by atoms with Gasteiger partial charge in [-0.05, 0) is 49.4 Å². The summed E-state index contributed by atoms with van der Waals surface area (Å²) in [5, 5.41) is 3.15. The minimum atomic E-state index is 0.0443. The summed E-state index contributed by atoms with van der Waals surface area (Å²) in [6, 6.07) is 7.71. The van der Waals surface area contributed by atoms with Gasteiger partial charge >= 0.3 is 0 Å². The van der Waals surface area contributed by atoms with E-state index in [9.17, 15) is 4.79 Å². The van der Waals surface area contributed by atoms with Gasteiger partial charge < -0.3 is 5.32 Å². The molecule has 3 heteroatoms. The molecule has 1 aliphatic rings. The second-order valence-electron chi connectivity index (χ2n) is 5.33. The number of benzene rings is 1. The lowest BCUT2D eigenvalue weighted by Crippen LogP contribution is -2.34. The Morgan fingerprint density at radius 2 is 1.89 bits per heavy atom. The lowest BCUT2D eigenvalue weighted by atomic mass is 10.0. The van der Waals surface area contributed by atoms with Crippen LogP contribution in [0.3, 0.4) is 0 Å². The quantitative estimate of drug-likeness (QED) is 0.618. The summed E-state index contributed by atoms with van der Waals surface area (Å²) in [6.45, 7) is 2.30. The van der Waals surface area contributed by atoms with Gasteiger partial charge in [0.1, 0.15) is 0 Å². The maximum absolute atomic E-state index is 12.1. The number of nitrogens with one attached hydrogen (secondary N) is 1. The summed E-state index contributed by atoms with van der Waals surface area (Å²) in [5.41, 5.74) is 0.727. The fourth-order valence-corrected chi connectivity index (χ4v) is 2.66. The van der Waals surface area contributed by atoms with Crippen molar-refractivity contribution in [1.82, 2.24) is 5.32 Å². The van der Waals surface area contributed by atoms with E-state index in [4.69, 9.17) is 0 Å². The first-order chi connectivity index (χ1) is 8.65. The Balaban J connectivity index is 1.92. The number of rotatable bonds is 2. The fraction of sp³-hybridized carbons (Fsp3) is 0.533. The lowest BCUT2D eigenvalue weighted by Gasteiger charge is -2.16. The summed E-state index contributed by atoms with van der Waals surface area (Å²) >= 11 is 4.22. The molecule has 0 heterocycles. The first-order valence-corrected chi connectivity index (χ1v) is 7.20. The Labute approximate surface area is 115 Å². The standard InChI is InChI=1S/C15H21NOS/c1-11-3-2-4-13(8-5-11)16-15(17)12-6-9-14(18)10-7-12/h6-7,9-11,13,18H,2-5,8H2,1H3,(H,16,17). The van der Waals surface area contributed by atoms with Crippen LogP contribution in [0.5, 0.6) is 0 Å². The zero-order valence-electron chi connectivity index (χ0n) is 10.9. The van der Waals surface area contributed by atoms with Crippen molar-refractivity contribution in [3.05, 3.63) is 29.8 Å². The summed E-state index contributed by atoms with van der Waals surface area (Å²) < 4.78 is 0. The minimum Gasteiger partial charge on any atom is -0.349 e. The summed E-state index contributed by atoms with van der Waals surface area (Å²) in [6.07, 6.45) is 5.96. The van der Waals surface area contributed by atoms with Crippen molar-refractivity contribution in [2.75, 3.05) is 0 Å². The first kappa shape index (κ1) is 13.5. The van der Waals surface area contributed by atoms with Crippen LogP contribution in [0, 0.1) is 5.92 Å². The number of thiol groups is 1. The maximum Gasteiger partial charge on any atom is 0.251 e. The van der Waals surface area contributed by atoms with E-state index in [1.54, 1.807) is 0 Å². The molecule has 0 saturated heterocycles. The average Bonchev–Trinajstić information content (AvgIpc) is 2.55.